The molecule has 3 N–H and O–H groups in total. The summed E-state index contributed by atoms with van der Waals surface area (Å²) in [6, 6.07) is 22.8. The number of amides is 2. The Morgan fingerprint density at radius 3 is 2.58 bits per heavy atom. The lowest BCUT2D eigenvalue weighted by Crippen LogP contribution is -2.24. The zero-order valence-electron chi connectivity index (χ0n) is 21.7. The first kappa shape index (κ1) is 25.4. The summed E-state index contributed by atoms with van der Waals surface area (Å²) >= 11 is 1.51. The molecule has 0 saturated carbocycles. The summed E-state index contributed by atoms with van der Waals surface area (Å²) in [7, 11) is 0. The van der Waals surface area contributed by atoms with Gasteiger partial charge in [-0.15, -0.1) is 11.3 Å². The lowest BCUT2D eigenvalue weighted by atomic mass is 10.1. The number of nitrogens with one attached hydrogen (secondary N) is 3. The first-order valence-corrected chi connectivity index (χ1v) is 13.7. The van der Waals surface area contributed by atoms with E-state index in [1.165, 1.54) is 17.5 Å². The molecule has 5 aromatic rings. The average Bonchev–Trinajstić information content (AvgIpc) is 3.42. The number of aryl methyl sites for hydroxylation is 1. The third-order valence-corrected chi connectivity index (χ3v) is 7.54. The molecule has 0 fully saturated rings. The van der Waals surface area contributed by atoms with Crippen LogP contribution in [0.25, 0.3) is 10.1 Å². The summed E-state index contributed by atoms with van der Waals surface area (Å²) in [5.74, 6) is 1.20. The predicted octanol–water partition coefficient (Wildman–Crippen LogP) is 6.30. The number of rotatable bonds is 7. The highest BCUT2D eigenvalue weighted by Crippen LogP contribution is 2.32. The molecule has 9 heteroatoms. The molecular formula is C31H26N4O4S. The van der Waals surface area contributed by atoms with Gasteiger partial charge in [0.05, 0.1) is 16.8 Å². The SMILES string of the molecule is Cc1ccccc1Nc1ncc(C(=O)NCc2ccc3c(c2)OCCO3)cc1NC(=O)c1csc2ccccc12. The fourth-order valence-corrected chi connectivity index (χ4v) is 5.39. The smallest absolute Gasteiger partial charge is 0.257 e. The number of carbonyl (C=O) groups is 2. The second kappa shape index (κ2) is 11.1. The van der Waals surface area contributed by atoms with E-state index >= 15 is 0 Å². The van der Waals surface area contributed by atoms with Crippen molar-refractivity contribution in [3.63, 3.8) is 0 Å². The summed E-state index contributed by atoms with van der Waals surface area (Å²) in [5, 5.41) is 11.9. The first-order valence-electron chi connectivity index (χ1n) is 12.8. The van der Waals surface area contributed by atoms with Crippen molar-refractivity contribution < 1.29 is 19.1 Å². The van der Waals surface area contributed by atoms with Gasteiger partial charge in [0.15, 0.2) is 17.3 Å². The molecular weight excluding hydrogens is 524 g/mol. The fourth-order valence-electron chi connectivity index (χ4n) is 4.45. The Kier molecular flexibility index (Phi) is 7.03. The van der Waals surface area contributed by atoms with Crippen LogP contribution in [-0.4, -0.2) is 30.0 Å². The van der Waals surface area contributed by atoms with E-state index in [1.807, 2.05) is 79.0 Å². The van der Waals surface area contributed by atoms with Crippen LogP contribution in [0.1, 0.15) is 31.8 Å². The lowest BCUT2D eigenvalue weighted by Gasteiger charge is -2.19. The minimum absolute atomic E-state index is 0.277. The number of thiophene rings is 1. The number of ether oxygens (including phenoxy) is 2. The van der Waals surface area contributed by atoms with Gasteiger partial charge in [-0.3, -0.25) is 9.59 Å². The monoisotopic (exact) mass is 550 g/mol. The number of benzene rings is 3. The number of para-hydroxylation sites is 1. The molecule has 0 bridgehead atoms. The quantitative estimate of drug-likeness (QED) is 0.220. The van der Waals surface area contributed by atoms with Crippen molar-refractivity contribution in [3.05, 3.63) is 107 Å². The molecule has 2 amide bonds. The largest absolute Gasteiger partial charge is 0.486 e. The topological polar surface area (TPSA) is 102 Å². The molecule has 0 atom stereocenters. The Morgan fingerprint density at radius 2 is 1.70 bits per heavy atom. The summed E-state index contributed by atoms with van der Waals surface area (Å²) in [4.78, 5) is 31.0. The maximum Gasteiger partial charge on any atom is 0.257 e. The highest BCUT2D eigenvalue weighted by atomic mass is 32.1. The zero-order chi connectivity index (χ0) is 27.5. The minimum atomic E-state index is -0.318. The highest BCUT2D eigenvalue weighted by molar-refractivity contribution is 7.17. The van der Waals surface area contributed by atoms with Crippen molar-refractivity contribution in [3.8, 4) is 11.5 Å². The van der Waals surface area contributed by atoms with Crippen LogP contribution in [0.5, 0.6) is 11.5 Å². The number of hydrogen-bond donors (Lipinski definition) is 3. The number of anilines is 3. The van der Waals surface area contributed by atoms with Crippen LogP contribution in [0, 0.1) is 6.92 Å². The van der Waals surface area contributed by atoms with Gasteiger partial charge in [-0.05, 0) is 48.4 Å². The van der Waals surface area contributed by atoms with Crippen molar-refractivity contribution in [1.29, 1.82) is 0 Å². The van der Waals surface area contributed by atoms with Crippen LogP contribution in [0.4, 0.5) is 17.2 Å². The zero-order valence-corrected chi connectivity index (χ0v) is 22.5. The molecule has 1 aliphatic rings. The molecule has 8 nitrogen and oxygen atoms in total. The van der Waals surface area contributed by atoms with Crippen molar-refractivity contribution in [2.75, 3.05) is 23.8 Å². The van der Waals surface area contributed by atoms with E-state index in [1.54, 1.807) is 6.07 Å². The summed E-state index contributed by atoms with van der Waals surface area (Å²) in [6.07, 6.45) is 1.50. The third-order valence-electron chi connectivity index (χ3n) is 6.58. The number of fused-ring (bicyclic) bond motifs is 2. The second-order valence-electron chi connectivity index (χ2n) is 9.32. The van der Waals surface area contributed by atoms with Crippen LogP contribution >= 0.6 is 11.3 Å². The Morgan fingerprint density at radius 1 is 0.900 bits per heavy atom. The number of aromatic nitrogens is 1. The summed E-state index contributed by atoms with van der Waals surface area (Å²) in [5.41, 5.74) is 4.03. The standard InChI is InChI=1S/C31H26N4O4S/c1-19-6-2-4-8-24(19)34-29-25(35-31(37)23-18-40-28-9-5-3-7-22(23)28)15-21(17-32-29)30(36)33-16-20-10-11-26-27(14-20)39-13-12-38-26/h2-11,14-15,17-18H,12-13,16H2,1H3,(H,32,34)(H,33,36)(H,35,37). The number of nitrogens with zero attached hydrogens (tertiary/aromatic N) is 1. The average molecular weight is 551 g/mol. The number of pyridine rings is 1. The van der Waals surface area contributed by atoms with E-state index in [2.05, 4.69) is 20.9 Å². The lowest BCUT2D eigenvalue weighted by molar-refractivity contribution is 0.0949. The van der Waals surface area contributed by atoms with E-state index in [0.717, 1.165) is 26.9 Å². The van der Waals surface area contributed by atoms with Crippen LogP contribution in [0.15, 0.2) is 84.4 Å². The van der Waals surface area contributed by atoms with Crippen LogP contribution < -0.4 is 25.4 Å². The van der Waals surface area contributed by atoms with E-state index in [4.69, 9.17) is 9.47 Å². The molecule has 1 aliphatic heterocycles. The molecule has 3 heterocycles. The van der Waals surface area contributed by atoms with Gasteiger partial charge in [-0.25, -0.2) is 4.98 Å². The predicted molar refractivity (Wildman–Crippen MR) is 157 cm³/mol. The second-order valence-corrected chi connectivity index (χ2v) is 10.2. The Bertz CT molecular complexity index is 1730. The van der Waals surface area contributed by atoms with Gasteiger partial charge in [-0.2, -0.15) is 0 Å². The van der Waals surface area contributed by atoms with Crippen LogP contribution in [-0.2, 0) is 6.54 Å². The fraction of sp³-hybridized carbons (Fsp3) is 0.129. The molecule has 0 aliphatic carbocycles. The number of carbonyl (C=O) groups excluding carboxylic acids is 2. The van der Waals surface area contributed by atoms with E-state index in [9.17, 15) is 9.59 Å². The first-order chi connectivity index (χ1) is 19.5. The van der Waals surface area contributed by atoms with Gasteiger partial charge < -0.3 is 25.4 Å². The van der Waals surface area contributed by atoms with Crippen LogP contribution in [0.3, 0.4) is 0 Å². The minimum Gasteiger partial charge on any atom is -0.486 e. The maximum absolute atomic E-state index is 13.4. The van der Waals surface area contributed by atoms with E-state index in [0.29, 0.717) is 53.9 Å². The van der Waals surface area contributed by atoms with E-state index in [-0.39, 0.29) is 11.8 Å². The van der Waals surface area contributed by atoms with Gasteiger partial charge >= 0.3 is 0 Å². The molecule has 40 heavy (non-hydrogen) atoms. The molecule has 6 rings (SSSR count). The molecule has 0 unspecified atom stereocenters. The van der Waals surface area contributed by atoms with E-state index < -0.39 is 0 Å². The molecule has 3 aromatic carbocycles. The Balaban J connectivity index is 1.25. The molecule has 200 valence electrons. The molecule has 0 spiro atoms. The van der Waals surface area contributed by atoms with Crippen molar-refractivity contribution in [2.24, 2.45) is 0 Å². The molecule has 0 saturated heterocycles. The van der Waals surface area contributed by atoms with Crippen molar-refractivity contribution in [2.45, 2.75) is 13.5 Å². The Hall–Kier alpha value is -4.89. The van der Waals surface area contributed by atoms with Gasteiger partial charge in [0, 0.05) is 33.9 Å². The van der Waals surface area contributed by atoms with Gasteiger partial charge in [0.2, 0.25) is 0 Å². The van der Waals surface area contributed by atoms with Crippen LogP contribution in [0.2, 0.25) is 0 Å². The molecule has 0 radical (unpaired) electrons. The summed E-state index contributed by atoms with van der Waals surface area (Å²) in [6.45, 7) is 3.29. The van der Waals surface area contributed by atoms with Gasteiger partial charge in [0.25, 0.3) is 11.8 Å². The normalized spacial score (nSPS) is 12.1. The maximum atomic E-state index is 13.4. The molecule has 2 aromatic heterocycles. The van der Waals surface area contributed by atoms with Crippen molar-refractivity contribution >= 4 is 50.4 Å². The Labute approximate surface area is 235 Å². The summed E-state index contributed by atoms with van der Waals surface area (Å²) < 4.78 is 12.2. The van der Waals surface area contributed by atoms with Crippen molar-refractivity contribution in [1.82, 2.24) is 10.3 Å². The van der Waals surface area contributed by atoms with Gasteiger partial charge in [-0.1, -0.05) is 42.5 Å². The number of hydrogen-bond acceptors (Lipinski definition) is 7. The van der Waals surface area contributed by atoms with Gasteiger partial charge in [0.1, 0.15) is 13.2 Å². The third kappa shape index (κ3) is 5.32. The highest BCUT2D eigenvalue weighted by Gasteiger charge is 2.18.